The number of carbonyl (C=O) groups is 1. The summed E-state index contributed by atoms with van der Waals surface area (Å²) in [6.45, 7) is 1.50. The third-order valence-electron chi connectivity index (χ3n) is 2.64. The summed E-state index contributed by atoms with van der Waals surface area (Å²) >= 11 is 0. The topological polar surface area (TPSA) is 69.8 Å². The van der Waals surface area contributed by atoms with E-state index in [0.29, 0.717) is 5.56 Å². The summed E-state index contributed by atoms with van der Waals surface area (Å²) < 4.78 is 0. The number of hydrogen-bond donors (Lipinski definition) is 3. The van der Waals surface area contributed by atoms with Gasteiger partial charge in [-0.05, 0) is 17.7 Å². The van der Waals surface area contributed by atoms with Crippen LogP contribution in [-0.2, 0) is 13.1 Å². The van der Waals surface area contributed by atoms with Crippen molar-refractivity contribution in [1.29, 1.82) is 0 Å². The molecule has 0 fully saturated rings. The number of benzene rings is 1. The van der Waals surface area contributed by atoms with Crippen molar-refractivity contribution in [1.82, 2.24) is 20.6 Å². The Bertz CT molecular complexity index is 490. The lowest BCUT2D eigenvalue weighted by atomic mass is 10.1. The van der Waals surface area contributed by atoms with Gasteiger partial charge in [0.15, 0.2) is 0 Å². The number of imidazole rings is 1. The number of hydrogen-bond acceptors (Lipinski definition) is 3. The first kappa shape index (κ1) is 12.3. The van der Waals surface area contributed by atoms with Crippen LogP contribution in [0, 0.1) is 0 Å². The van der Waals surface area contributed by atoms with Gasteiger partial charge in [0.2, 0.25) is 0 Å². The molecule has 1 heterocycles. The number of nitrogens with zero attached hydrogens (tertiary/aromatic N) is 1. The zero-order chi connectivity index (χ0) is 12.8. The lowest BCUT2D eigenvalue weighted by molar-refractivity contribution is 0.0963. The van der Waals surface area contributed by atoms with E-state index in [1.807, 2.05) is 24.3 Å². The van der Waals surface area contributed by atoms with Gasteiger partial charge < -0.3 is 15.6 Å². The molecule has 1 amide bonds. The Morgan fingerprint density at radius 3 is 2.67 bits per heavy atom. The molecule has 2 aromatic rings. The van der Waals surface area contributed by atoms with Crippen molar-refractivity contribution in [2.75, 3.05) is 7.05 Å². The largest absolute Gasteiger partial charge is 0.355 e. The Hall–Kier alpha value is -2.14. The number of carbonyl (C=O) groups excluding carboxylic acids is 1. The van der Waals surface area contributed by atoms with Crippen LogP contribution < -0.4 is 10.6 Å². The van der Waals surface area contributed by atoms with Crippen LogP contribution in [0.3, 0.4) is 0 Å². The van der Waals surface area contributed by atoms with Gasteiger partial charge in [0.25, 0.3) is 5.91 Å². The third-order valence-corrected chi connectivity index (χ3v) is 2.64. The van der Waals surface area contributed by atoms with E-state index in [4.69, 9.17) is 0 Å². The molecule has 0 aliphatic carbocycles. The monoisotopic (exact) mass is 244 g/mol. The molecule has 0 atom stereocenters. The zero-order valence-corrected chi connectivity index (χ0v) is 10.2. The van der Waals surface area contributed by atoms with Gasteiger partial charge >= 0.3 is 0 Å². The second-order valence-corrected chi connectivity index (χ2v) is 3.96. The Morgan fingerprint density at radius 1 is 1.28 bits per heavy atom. The highest BCUT2D eigenvalue weighted by atomic mass is 16.1. The first-order valence-electron chi connectivity index (χ1n) is 5.78. The van der Waals surface area contributed by atoms with Crippen molar-refractivity contribution in [2.45, 2.75) is 13.1 Å². The fraction of sp³-hybridized carbons (Fsp3) is 0.231. The maximum absolute atomic E-state index is 11.4. The van der Waals surface area contributed by atoms with Crippen LogP contribution in [0.1, 0.15) is 21.6 Å². The van der Waals surface area contributed by atoms with Gasteiger partial charge in [-0.25, -0.2) is 4.98 Å². The number of H-pyrrole nitrogens is 1. The molecule has 94 valence electrons. The Morgan fingerprint density at radius 2 is 2.06 bits per heavy atom. The molecule has 0 unspecified atom stereocenters. The predicted molar refractivity (Wildman–Crippen MR) is 69.0 cm³/mol. The van der Waals surface area contributed by atoms with Gasteiger partial charge in [-0.2, -0.15) is 0 Å². The van der Waals surface area contributed by atoms with Crippen LogP contribution in [0.15, 0.2) is 36.8 Å². The van der Waals surface area contributed by atoms with Crippen LogP contribution in [0.2, 0.25) is 0 Å². The van der Waals surface area contributed by atoms with Crippen LogP contribution in [0.5, 0.6) is 0 Å². The summed E-state index contributed by atoms with van der Waals surface area (Å²) in [6, 6.07) is 7.55. The van der Waals surface area contributed by atoms with E-state index < -0.39 is 0 Å². The molecule has 1 aromatic carbocycles. The second-order valence-electron chi connectivity index (χ2n) is 3.96. The molecular weight excluding hydrogens is 228 g/mol. The minimum Gasteiger partial charge on any atom is -0.355 e. The Kier molecular flexibility index (Phi) is 4.09. The van der Waals surface area contributed by atoms with Crippen molar-refractivity contribution < 1.29 is 4.79 Å². The maximum Gasteiger partial charge on any atom is 0.251 e. The molecule has 1 aromatic heterocycles. The molecule has 3 N–H and O–H groups in total. The van der Waals surface area contributed by atoms with Crippen LogP contribution in [0.25, 0.3) is 0 Å². The smallest absolute Gasteiger partial charge is 0.251 e. The minimum atomic E-state index is -0.0630. The number of rotatable bonds is 5. The van der Waals surface area contributed by atoms with E-state index in [1.165, 1.54) is 0 Å². The summed E-state index contributed by atoms with van der Waals surface area (Å²) in [5, 5.41) is 5.89. The van der Waals surface area contributed by atoms with Gasteiger partial charge in [0.05, 0.1) is 6.33 Å². The highest BCUT2D eigenvalue weighted by molar-refractivity contribution is 5.93. The van der Waals surface area contributed by atoms with Gasteiger partial charge in [0, 0.05) is 37.6 Å². The molecule has 0 bridgehead atoms. The van der Waals surface area contributed by atoms with Crippen molar-refractivity contribution in [3.63, 3.8) is 0 Å². The van der Waals surface area contributed by atoms with E-state index in [-0.39, 0.29) is 5.91 Å². The molecule has 2 rings (SSSR count). The van der Waals surface area contributed by atoms with Gasteiger partial charge in [-0.3, -0.25) is 4.79 Å². The normalized spacial score (nSPS) is 10.3. The van der Waals surface area contributed by atoms with E-state index in [9.17, 15) is 4.79 Å². The summed E-state index contributed by atoms with van der Waals surface area (Å²) in [7, 11) is 1.63. The van der Waals surface area contributed by atoms with Crippen molar-refractivity contribution >= 4 is 5.91 Å². The molecule has 0 aliphatic rings. The van der Waals surface area contributed by atoms with Crippen molar-refractivity contribution in [2.24, 2.45) is 0 Å². The van der Waals surface area contributed by atoms with Gasteiger partial charge in [-0.15, -0.1) is 0 Å². The molecule has 5 nitrogen and oxygen atoms in total. The van der Waals surface area contributed by atoms with E-state index in [2.05, 4.69) is 20.6 Å². The average molecular weight is 244 g/mol. The van der Waals surface area contributed by atoms with E-state index >= 15 is 0 Å². The minimum absolute atomic E-state index is 0.0630. The number of aromatic amines is 1. The Balaban J connectivity index is 1.85. The first-order chi connectivity index (χ1) is 8.79. The van der Waals surface area contributed by atoms with E-state index in [0.717, 1.165) is 24.3 Å². The van der Waals surface area contributed by atoms with Gasteiger partial charge in [-0.1, -0.05) is 12.1 Å². The summed E-state index contributed by atoms with van der Waals surface area (Å²) in [6.07, 6.45) is 3.46. The number of aromatic nitrogens is 2. The van der Waals surface area contributed by atoms with Crippen LogP contribution in [-0.4, -0.2) is 22.9 Å². The fourth-order valence-electron chi connectivity index (χ4n) is 1.64. The van der Waals surface area contributed by atoms with Crippen LogP contribution in [0.4, 0.5) is 0 Å². The molecule has 0 aliphatic heterocycles. The fourth-order valence-corrected chi connectivity index (χ4v) is 1.64. The standard InChI is InChI=1S/C13H16N4O/c1-14-13(18)11-4-2-10(3-5-11)6-15-7-12-8-16-9-17-12/h2-5,8-9,15H,6-7H2,1H3,(H,14,18)(H,16,17). The highest BCUT2D eigenvalue weighted by Crippen LogP contribution is 2.04. The first-order valence-corrected chi connectivity index (χ1v) is 5.78. The third kappa shape index (κ3) is 3.18. The molecule has 0 spiro atoms. The zero-order valence-electron chi connectivity index (χ0n) is 10.2. The summed E-state index contributed by atoms with van der Waals surface area (Å²) in [4.78, 5) is 18.3. The average Bonchev–Trinajstić information content (AvgIpc) is 2.92. The molecular formula is C13H16N4O. The molecule has 5 heteroatoms. The molecule has 18 heavy (non-hydrogen) atoms. The second kappa shape index (κ2) is 5.97. The lowest BCUT2D eigenvalue weighted by Gasteiger charge is -2.05. The van der Waals surface area contributed by atoms with Gasteiger partial charge in [0.1, 0.15) is 0 Å². The highest BCUT2D eigenvalue weighted by Gasteiger charge is 2.02. The van der Waals surface area contributed by atoms with Crippen molar-refractivity contribution in [3.8, 4) is 0 Å². The Labute approximate surface area is 106 Å². The molecule has 0 saturated carbocycles. The molecule has 0 saturated heterocycles. The predicted octanol–water partition coefficient (Wildman–Crippen LogP) is 1.06. The SMILES string of the molecule is CNC(=O)c1ccc(CNCc2cnc[nH]2)cc1. The molecule has 0 radical (unpaired) electrons. The van der Waals surface area contributed by atoms with Crippen molar-refractivity contribution in [3.05, 3.63) is 53.6 Å². The summed E-state index contributed by atoms with van der Waals surface area (Å²) in [5.74, 6) is -0.0630. The number of amides is 1. The lowest BCUT2D eigenvalue weighted by Crippen LogP contribution is -2.18. The maximum atomic E-state index is 11.4. The quantitative estimate of drug-likeness (QED) is 0.736. The van der Waals surface area contributed by atoms with Crippen LogP contribution >= 0.6 is 0 Å². The number of nitrogens with one attached hydrogen (secondary N) is 3. The van der Waals surface area contributed by atoms with E-state index in [1.54, 1.807) is 19.6 Å². The summed E-state index contributed by atoms with van der Waals surface area (Å²) in [5.41, 5.74) is 2.87.